The summed E-state index contributed by atoms with van der Waals surface area (Å²) in [6.07, 6.45) is 0.874. The van der Waals surface area contributed by atoms with Gasteiger partial charge in [-0.15, -0.1) is 11.3 Å². The zero-order valence-electron chi connectivity index (χ0n) is 14.9. The number of hydrogen-bond acceptors (Lipinski definition) is 7. The van der Waals surface area contributed by atoms with Crippen LogP contribution in [0.15, 0.2) is 21.4 Å². The third-order valence-corrected chi connectivity index (χ3v) is 6.60. The van der Waals surface area contributed by atoms with E-state index in [4.69, 9.17) is 0 Å². The number of nitrogens with one attached hydrogen (secondary N) is 1. The van der Waals surface area contributed by atoms with Crippen molar-refractivity contribution in [1.82, 2.24) is 15.2 Å². The first kappa shape index (κ1) is 19.6. The van der Waals surface area contributed by atoms with Crippen LogP contribution in [0.3, 0.4) is 0 Å². The Bertz CT molecular complexity index is 861. The van der Waals surface area contributed by atoms with Gasteiger partial charge in [0.2, 0.25) is 5.91 Å². The molecule has 2 aliphatic rings. The van der Waals surface area contributed by atoms with E-state index in [0.29, 0.717) is 15.6 Å². The molecule has 8 nitrogen and oxygen atoms in total. The molecule has 144 valence electrons. The molecule has 1 aromatic heterocycles. The Hall–Kier alpha value is -2.17. The van der Waals surface area contributed by atoms with Crippen LogP contribution in [-0.2, 0) is 9.59 Å². The number of carbonyl (C=O) groups excluding carboxylic acids is 2. The van der Waals surface area contributed by atoms with Crippen molar-refractivity contribution in [1.29, 1.82) is 0 Å². The number of thiazole rings is 1. The maximum Gasteiger partial charge on any atom is 0.353 e. The van der Waals surface area contributed by atoms with Crippen molar-refractivity contribution in [2.75, 3.05) is 7.05 Å². The van der Waals surface area contributed by atoms with E-state index in [-0.39, 0.29) is 29.5 Å². The van der Waals surface area contributed by atoms with E-state index in [1.54, 1.807) is 23.8 Å². The van der Waals surface area contributed by atoms with Crippen molar-refractivity contribution in [3.05, 3.63) is 32.1 Å². The average molecular weight is 409 g/mol. The number of aliphatic carboxylic acids is 1. The number of amides is 2. The molecule has 0 saturated carbocycles. The molecular formula is C17H19N3O5S2. The van der Waals surface area contributed by atoms with Crippen LogP contribution in [0.25, 0.3) is 6.08 Å². The van der Waals surface area contributed by atoms with Gasteiger partial charge in [0.15, 0.2) is 0 Å². The first-order valence-electron chi connectivity index (χ1n) is 8.27. The summed E-state index contributed by atoms with van der Waals surface area (Å²) in [6.45, 7) is 3.41. The van der Waals surface area contributed by atoms with E-state index in [0.717, 1.165) is 0 Å². The number of carbonyl (C=O) groups is 3. The summed E-state index contributed by atoms with van der Waals surface area (Å²) in [7, 11) is 1.53. The summed E-state index contributed by atoms with van der Waals surface area (Å²) >= 11 is 2.52. The van der Waals surface area contributed by atoms with Crippen molar-refractivity contribution in [3.63, 3.8) is 0 Å². The third-order valence-electron chi connectivity index (χ3n) is 4.70. The molecule has 1 fully saturated rings. The summed E-state index contributed by atoms with van der Waals surface area (Å²) in [5.41, 5.74) is 0.301. The molecule has 2 aliphatic heterocycles. The summed E-state index contributed by atoms with van der Waals surface area (Å²) < 4.78 is 0. The van der Waals surface area contributed by atoms with Gasteiger partial charge in [-0.1, -0.05) is 18.7 Å². The van der Waals surface area contributed by atoms with Gasteiger partial charge in [-0.2, -0.15) is 0 Å². The second-order valence-electron chi connectivity index (χ2n) is 6.34. The fraction of sp³-hybridized carbons (Fsp3) is 0.412. The number of β-lactam (4-membered cyclic amide) rings is 1. The number of rotatable bonds is 6. The van der Waals surface area contributed by atoms with Crippen molar-refractivity contribution in [3.8, 4) is 0 Å². The van der Waals surface area contributed by atoms with E-state index in [9.17, 15) is 24.6 Å². The van der Waals surface area contributed by atoms with Gasteiger partial charge in [0, 0.05) is 23.3 Å². The number of thioether (sulfide) groups is 1. The molecule has 0 aromatic carbocycles. The lowest BCUT2D eigenvalue weighted by atomic mass is 9.79. The van der Waals surface area contributed by atoms with E-state index in [2.05, 4.69) is 10.3 Å². The van der Waals surface area contributed by atoms with Gasteiger partial charge in [0.1, 0.15) is 16.4 Å². The Balaban J connectivity index is 1.79. The molecule has 3 rings (SSSR count). The average Bonchev–Trinajstić information content (AvgIpc) is 3.16. The first-order valence-corrected chi connectivity index (χ1v) is 10.0. The van der Waals surface area contributed by atoms with E-state index < -0.39 is 18.0 Å². The topological polar surface area (TPSA) is 120 Å². The van der Waals surface area contributed by atoms with Crippen molar-refractivity contribution in [2.24, 2.45) is 11.8 Å². The largest absolute Gasteiger partial charge is 0.477 e. The van der Waals surface area contributed by atoms with Gasteiger partial charge in [0.05, 0.1) is 18.1 Å². The predicted octanol–water partition coefficient (Wildman–Crippen LogP) is 1.36. The van der Waals surface area contributed by atoms with Gasteiger partial charge in [0.25, 0.3) is 5.91 Å². The second-order valence-corrected chi connectivity index (χ2v) is 8.18. The van der Waals surface area contributed by atoms with Gasteiger partial charge in [-0.05, 0) is 18.4 Å². The highest BCUT2D eigenvalue weighted by atomic mass is 32.2. The molecule has 10 heteroatoms. The van der Waals surface area contributed by atoms with Gasteiger partial charge in [-0.25, -0.2) is 9.78 Å². The smallest absolute Gasteiger partial charge is 0.353 e. The van der Waals surface area contributed by atoms with E-state index >= 15 is 0 Å². The predicted molar refractivity (Wildman–Crippen MR) is 102 cm³/mol. The molecule has 0 aliphatic carbocycles. The molecule has 27 heavy (non-hydrogen) atoms. The number of aliphatic hydroxyl groups excluding tert-OH is 1. The Morgan fingerprint density at radius 1 is 1.48 bits per heavy atom. The Morgan fingerprint density at radius 2 is 2.19 bits per heavy atom. The van der Waals surface area contributed by atoms with Crippen LogP contribution in [0.1, 0.15) is 29.3 Å². The fourth-order valence-electron chi connectivity index (χ4n) is 3.44. The molecule has 3 heterocycles. The molecule has 1 saturated heterocycles. The number of nitrogens with zero attached hydrogens (tertiary/aromatic N) is 2. The lowest BCUT2D eigenvalue weighted by Crippen LogP contribution is -2.63. The molecule has 0 radical (unpaired) electrons. The third kappa shape index (κ3) is 3.28. The number of carboxylic acid groups (broad SMARTS) is 1. The Labute approximate surface area is 164 Å². The molecule has 2 amide bonds. The molecule has 1 aromatic rings. The van der Waals surface area contributed by atoms with Crippen LogP contribution in [0, 0.1) is 11.8 Å². The van der Waals surface area contributed by atoms with E-state index in [1.165, 1.54) is 35.0 Å². The van der Waals surface area contributed by atoms with Crippen LogP contribution in [-0.4, -0.2) is 57.1 Å². The maximum absolute atomic E-state index is 12.3. The molecule has 0 unspecified atom stereocenters. The minimum absolute atomic E-state index is 0.0192. The summed E-state index contributed by atoms with van der Waals surface area (Å²) in [4.78, 5) is 41.6. The number of hydrogen-bond donors (Lipinski definition) is 3. The fourth-order valence-corrected chi connectivity index (χ4v) is 5.21. The van der Waals surface area contributed by atoms with Crippen molar-refractivity contribution >= 4 is 47.0 Å². The lowest BCUT2D eigenvalue weighted by Gasteiger charge is -2.46. The quantitative estimate of drug-likeness (QED) is 0.607. The lowest BCUT2D eigenvalue weighted by molar-refractivity contribution is -0.163. The summed E-state index contributed by atoms with van der Waals surface area (Å²) in [6, 6.07) is -0.334. The van der Waals surface area contributed by atoms with Crippen LogP contribution in [0.2, 0.25) is 0 Å². The summed E-state index contributed by atoms with van der Waals surface area (Å²) in [5, 5.41) is 25.9. The highest BCUT2D eigenvalue weighted by Gasteiger charge is 2.59. The Morgan fingerprint density at radius 3 is 2.78 bits per heavy atom. The molecule has 3 N–H and O–H groups in total. The van der Waals surface area contributed by atoms with Crippen LogP contribution >= 0.6 is 23.1 Å². The minimum Gasteiger partial charge on any atom is -0.477 e. The van der Waals surface area contributed by atoms with Gasteiger partial charge in [-0.3, -0.25) is 9.59 Å². The number of carboxylic acids is 1. The SMILES string of the molecule is CNC(=O)c1csc(/C=C\SC2=C(C(=O)O)N3C(=O)[C@H]([C@@H](C)O)[C@H]3[C@H]2C)n1. The minimum atomic E-state index is -1.16. The van der Waals surface area contributed by atoms with E-state index in [1.807, 2.05) is 6.92 Å². The van der Waals surface area contributed by atoms with Gasteiger partial charge >= 0.3 is 5.97 Å². The number of aliphatic hydroxyl groups is 1. The highest BCUT2D eigenvalue weighted by molar-refractivity contribution is 8.06. The van der Waals surface area contributed by atoms with Crippen molar-refractivity contribution in [2.45, 2.75) is 26.0 Å². The van der Waals surface area contributed by atoms with Crippen LogP contribution in [0.5, 0.6) is 0 Å². The van der Waals surface area contributed by atoms with Crippen LogP contribution in [0.4, 0.5) is 0 Å². The highest BCUT2D eigenvalue weighted by Crippen LogP contribution is 2.50. The molecule has 0 bridgehead atoms. The van der Waals surface area contributed by atoms with Gasteiger partial charge < -0.3 is 20.4 Å². The maximum atomic E-state index is 12.3. The van der Waals surface area contributed by atoms with Crippen molar-refractivity contribution < 1.29 is 24.6 Å². The monoisotopic (exact) mass is 409 g/mol. The number of aromatic nitrogens is 1. The number of fused-ring (bicyclic) bond motifs is 1. The zero-order valence-corrected chi connectivity index (χ0v) is 16.5. The Kier molecular flexibility index (Phi) is 5.41. The normalized spacial score (nSPS) is 25.6. The summed E-state index contributed by atoms with van der Waals surface area (Å²) in [5.74, 6) is -2.56. The molecular weight excluding hydrogens is 390 g/mol. The standard InChI is InChI=1S/C17H19N3O5S2/c1-7-12-11(8(2)21)16(23)20(12)13(17(24)25)14(7)26-5-4-10-19-9(6-27-10)15(22)18-3/h4-8,11-12,21H,1-3H3,(H,18,22)(H,24,25)/b5-4-/t7-,8-,11-,12-/m1/s1. The molecule has 0 spiro atoms. The second kappa shape index (κ2) is 7.45. The van der Waals surface area contributed by atoms with Crippen LogP contribution < -0.4 is 5.32 Å². The zero-order chi connectivity index (χ0) is 19.9. The molecule has 4 atom stereocenters. The first-order chi connectivity index (χ1) is 12.8.